The van der Waals surface area contributed by atoms with Crippen molar-refractivity contribution in [3.05, 3.63) is 0 Å². The fraction of sp³-hybridized carbons (Fsp3) is 1.00. The minimum absolute atomic E-state index is 0.677. The number of hydrogen-bond donors (Lipinski definition) is 1. The molecule has 3 heteroatoms. The summed E-state index contributed by atoms with van der Waals surface area (Å²) in [7, 11) is 3.89. The minimum Gasteiger partial charge on any atom is -0.186 e. The lowest BCUT2D eigenvalue weighted by Gasteiger charge is -2.18. The predicted molar refractivity (Wildman–Crippen MR) is 44.5 cm³/mol. The zero-order valence-corrected chi connectivity index (χ0v) is 7.51. The normalized spacial score (nSPS) is 21.8. The number of hydrogen-bond acceptors (Lipinski definition) is 1. The summed E-state index contributed by atoms with van der Waals surface area (Å²) >= 11 is 0. The highest BCUT2D eigenvalue weighted by atomic mass is 15.5. The highest BCUT2D eigenvalue weighted by molar-refractivity contribution is 4.62. The van der Waals surface area contributed by atoms with Gasteiger partial charge in [0, 0.05) is 0 Å². The molecule has 64 valence electrons. The Bertz CT molecular complexity index is 136. The quantitative estimate of drug-likeness (QED) is 0.366. The lowest BCUT2D eigenvalue weighted by molar-refractivity contribution is -0.610. The van der Waals surface area contributed by atoms with Crippen LogP contribution in [0.1, 0.15) is 32.1 Å². The van der Waals surface area contributed by atoms with Crippen LogP contribution in [-0.2, 0) is 0 Å². The standard InChI is InChI=1S/C8H17N3/c1-9-10-11(2)8-6-4-3-5-7-8/h8H,3-7H2,1-2H3/p+1. The molecule has 1 fully saturated rings. The molecule has 0 radical (unpaired) electrons. The second kappa shape index (κ2) is 4.31. The van der Waals surface area contributed by atoms with Crippen LogP contribution in [0.3, 0.4) is 0 Å². The minimum atomic E-state index is 0.677. The molecule has 0 heterocycles. The van der Waals surface area contributed by atoms with Gasteiger partial charge in [0.05, 0.1) is 19.3 Å². The summed E-state index contributed by atoms with van der Waals surface area (Å²) in [6, 6.07) is 0.677. The van der Waals surface area contributed by atoms with E-state index in [-0.39, 0.29) is 0 Å². The van der Waals surface area contributed by atoms with Gasteiger partial charge in [-0.2, -0.15) is 10.1 Å². The monoisotopic (exact) mass is 156 g/mol. The summed E-state index contributed by atoms with van der Waals surface area (Å²) in [6.07, 6.45) is 6.76. The second-order valence-electron chi connectivity index (χ2n) is 3.19. The van der Waals surface area contributed by atoms with Crippen LogP contribution in [0.15, 0.2) is 5.22 Å². The Morgan fingerprint density at radius 1 is 1.27 bits per heavy atom. The van der Waals surface area contributed by atoms with Gasteiger partial charge in [0.1, 0.15) is 6.04 Å². The summed E-state index contributed by atoms with van der Waals surface area (Å²) in [5.41, 5.74) is 2.82. The zero-order valence-electron chi connectivity index (χ0n) is 7.51. The fourth-order valence-electron chi connectivity index (χ4n) is 1.69. The van der Waals surface area contributed by atoms with E-state index in [2.05, 4.69) is 15.3 Å². The van der Waals surface area contributed by atoms with E-state index >= 15 is 0 Å². The number of rotatable bonds is 2. The van der Waals surface area contributed by atoms with E-state index in [1.165, 1.54) is 32.1 Å². The second-order valence-corrected chi connectivity index (χ2v) is 3.19. The molecule has 0 saturated heterocycles. The Hall–Kier alpha value is -0.600. The maximum absolute atomic E-state index is 4.13. The van der Waals surface area contributed by atoms with Gasteiger partial charge in [-0.25, -0.2) is 0 Å². The topological polar surface area (TPSA) is 27.4 Å². The third-order valence-electron chi connectivity index (χ3n) is 2.36. The predicted octanol–water partition coefficient (Wildman–Crippen LogP) is 1.55. The molecular weight excluding hydrogens is 138 g/mol. The average molecular weight is 156 g/mol. The average Bonchev–Trinajstić information content (AvgIpc) is 2.07. The third kappa shape index (κ3) is 2.48. The molecule has 1 rings (SSSR count). The number of nitrogens with zero attached hydrogens (tertiary/aromatic N) is 2. The highest BCUT2D eigenvalue weighted by Gasteiger charge is 2.18. The summed E-state index contributed by atoms with van der Waals surface area (Å²) in [5, 5.41) is 4.13. The van der Waals surface area contributed by atoms with Crippen LogP contribution in [0.2, 0.25) is 0 Å². The molecule has 1 N–H and O–H groups in total. The summed E-state index contributed by atoms with van der Waals surface area (Å²) in [4.78, 5) is 0. The molecule has 1 aliphatic carbocycles. The Morgan fingerprint density at radius 3 is 2.45 bits per heavy atom. The molecule has 3 nitrogen and oxygen atoms in total. The van der Waals surface area contributed by atoms with Crippen molar-refractivity contribution in [2.45, 2.75) is 38.1 Å². The highest BCUT2D eigenvalue weighted by Crippen LogP contribution is 2.19. The maximum Gasteiger partial charge on any atom is 0.117 e. The van der Waals surface area contributed by atoms with Gasteiger partial charge in [0.2, 0.25) is 0 Å². The Kier molecular flexibility index (Phi) is 3.33. The van der Waals surface area contributed by atoms with Crippen molar-refractivity contribution >= 4 is 0 Å². The largest absolute Gasteiger partial charge is 0.186 e. The molecule has 11 heavy (non-hydrogen) atoms. The molecule has 0 aromatic carbocycles. The van der Waals surface area contributed by atoms with E-state index in [0.29, 0.717) is 6.04 Å². The molecule has 0 aliphatic heterocycles. The van der Waals surface area contributed by atoms with Crippen molar-refractivity contribution < 1.29 is 4.70 Å². The molecular formula is C8H18N3+. The molecule has 0 bridgehead atoms. The van der Waals surface area contributed by atoms with E-state index in [1.807, 2.05) is 14.1 Å². The Morgan fingerprint density at radius 2 is 1.91 bits per heavy atom. The molecule has 1 saturated carbocycles. The van der Waals surface area contributed by atoms with Gasteiger partial charge in [-0.3, -0.25) is 0 Å². The van der Waals surface area contributed by atoms with Crippen molar-refractivity contribution in [3.8, 4) is 0 Å². The molecule has 0 atom stereocenters. The lowest BCUT2D eigenvalue weighted by atomic mass is 9.96. The summed E-state index contributed by atoms with van der Waals surface area (Å²) in [5.74, 6) is 0. The van der Waals surface area contributed by atoms with Gasteiger partial charge < -0.3 is 0 Å². The van der Waals surface area contributed by atoms with Crippen LogP contribution in [-0.4, -0.2) is 24.8 Å². The fourth-order valence-corrected chi connectivity index (χ4v) is 1.69. The summed E-state index contributed by atoms with van der Waals surface area (Å²) in [6.45, 7) is 0. The number of nitrogens with one attached hydrogen (secondary N) is 1. The lowest BCUT2D eigenvalue weighted by Crippen LogP contribution is -2.25. The van der Waals surface area contributed by atoms with Crippen LogP contribution in [0.25, 0.3) is 0 Å². The SMILES string of the molecule is CNN=[N+](C)C1CCCCC1. The molecule has 0 aromatic heterocycles. The van der Waals surface area contributed by atoms with Crippen molar-refractivity contribution in [2.75, 3.05) is 14.1 Å². The molecule has 0 unspecified atom stereocenters. The van der Waals surface area contributed by atoms with Gasteiger partial charge in [-0.15, -0.1) is 0 Å². The van der Waals surface area contributed by atoms with Crippen LogP contribution < -0.4 is 5.43 Å². The van der Waals surface area contributed by atoms with Gasteiger partial charge in [0.25, 0.3) is 0 Å². The third-order valence-corrected chi connectivity index (χ3v) is 2.36. The van der Waals surface area contributed by atoms with Gasteiger partial charge in [0.15, 0.2) is 0 Å². The van der Waals surface area contributed by atoms with Crippen molar-refractivity contribution in [3.63, 3.8) is 0 Å². The first kappa shape index (κ1) is 8.50. The van der Waals surface area contributed by atoms with E-state index in [9.17, 15) is 0 Å². The van der Waals surface area contributed by atoms with Crippen LogP contribution >= 0.6 is 0 Å². The van der Waals surface area contributed by atoms with E-state index in [1.54, 1.807) is 0 Å². The van der Waals surface area contributed by atoms with E-state index in [4.69, 9.17) is 0 Å². The molecule has 0 amide bonds. The Balaban J connectivity index is 2.38. The van der Waals surface area contributed by atoms with Gasteiger partial charge in [-0.1, -0.05) is 6.42 Å². The van der Waals surface area contributed by atoms with Crippen molar-refractivity contribution in [1.82, 2.24) is 5.43 Å². The van der Waals surface area contributed by atoms with Gasteiger partial charge in [-0.05, 0) is 25.7 Å². The van der Waals surface area contributed by atoms with Gasteiger partial charge >= 0.3 is 0 Å². The zero-order chi connectivity index (χ0) is 8.10. The van der Waals surface area contributed by atoms with Crippen LogP contribution in [0, 0.1) is 0 Å². The molecule has 0 spiro atoms. The van der Waals surface area contributed by atoms with Crippen LogP contribution in [0.4, 0.5) is 0 Å². The first-order chi connectivity index (χ1) is 5.34. The molecule has 0 aromatic rings. The first-order valence-electron chi connectivity index (χ1n) is 4.45. The van der Waals surface area contributed by atoms with E-state index in [0.717, 1.165) is 0 Å². The summed E-state index contributed by atoms with van der Waals surface area (Å²) < 4.78 is 2.05. The maximum atomic E-state index is 4.13. The van der Waals surface area contributed by atoms with Crippen molar-refractivity contribution in [1.29, 1.82) is 0 Å². The van der Waals surface area contributed by atoms with Crippen LogP contribution in [0.5, 0.6) is 0 Å². The Labute approximate surface area is 68.5 Å². The first-order valence-corrected chi connectivity index (χ1v) is 4.45. The molecule has 1 aliphatic rings. The van der Waals surface area contributed by atoms with E-state index < -0.39 is 0 Å². The smallest absolute Gasteiger partial charge is 0.117 e. The van der Waals surface area contributed by atoms with Crippen molar-refractivity contribution in [2.24, 2.45) is 5.22 Å².